The van der Waals surface area contributed by atoms with Crippen LogP contribution in [0.5, 0.6) is 0 Å². The number of para-hydroxylation sites is 1. The minimum absolute atomic E-state index is 0.696. The van der Waals surface area contributed by atoms with Gasteiger partial charge in [0.05, 0.1) is 0 Å². The molecule has 0 aromatic heterocycles. The van der Waals surface area contributed by atoms with Crippen molar-refractivity contribution in [3.8, 4) is 0 Å². The fourth-order valence-corrected chi connectivity index (χ4v) is 3.82. The summed E-state index contributed by atoms with van der Waals surface area (Å²) in [5.74, 6) is 0. The second-order valence-electron chi connectivity index (χ2n) is 5.99. The third-order valence-corrected chi connectivity index (χ3v) is 4.95. The molecule has 0 spiro atoms. The Kier molecular flexibility index (Phi) is 3.79. The zero-order valence-electron chi connectivity index (χ0n) is 12.3. The third-order valence-electron chi connectivity index (χ3n) is 4.95. The van der Waals surface area contributed by atoms with Crippen LogP contribution in [0.4, 0.5) is 5.69 Å². The first-order valence-corrected chi connectivity index (χ1v) is 7.92. The van der Waals surface area contributed by atoms with Crippen LogP contribution in [0.15, 0.2) is 24.3 Å². The van der Waals surface area contributed by atoms with Crippen LogP contribution in [-0.4, -0.2) is 36.6 Å². The van der Waals surface area contributed by atoms with E-state index in [4.69, 9.17) is 0 Å². The summed E-state index contributed by atoms with van der Waals surface area (Å²) >= 11 is 0. The lowest BCUT2D eigenvalue weighted by molar-refractivity contribution is 0.194. The van der Waals surface area contributed by atoms with Crippen molar-refractivity contribution in [3.63, 3.8) is 0 Å². The zero-order valence-corrected chi connectivity index (χ0v) is 12.3. The summed E-state index contributed by atoms with van der Waals surface area (Å²) in [4.78, 5) is 5.42. The van der Waals surface area contributed by atoms with Gasteiger partial charge in [-0.2, -0.15) is 0 Å². The van der Waals surface area contributed by atoms with Crippen molar-refractivity contribution >= 4 is 5.69 Å². The number of anilines is 1. The van der Waals surface area contributed by atoms with E-state index in [0.29, 0.717) is 6.04 Å². The average Bonchev–Trinajstić information content (AvgIpc) is 2.93. The number of rotatable bonds is 3. The summed E-state index contributed by atoms with van der Waals surface area (Å²) in [5.41, 5.74) is 3.00. The molecule has 0 saturated carbocycles. The highest BCUT2D eigenvalue weighted by atomic mass is 15.3. The average molecular weight is 258 g/mol. The highest BCUT2D eigenvalue weighted by Gasteiger charge is 2.35. The number of hydrogen-bond donors (Lipinski definition) is 0. The van der Waals surface area contributed by atoms with Crippen LogP contribution >= 0.6 is 0 Å². The predicted octanol–water partition coefficient (Wildman–Crippen LogP) is 3.31. The number of hydrogen-bond acceptors (Lipinski definition) is 2. The molecule has 0 aliphatic carbocycles. The van der Waals surface area contributed by atoms with E-state index in [-0.39, 0.29) is 0 Å². The lowest BCUT2D eigenvalue weighted by Crippen LogP contribution is -2.56. The molecular formula is C17H26N2. The molecular weight excluding hydrogens is 232 g/mol. The van der Waals surface area contributed by atoms with Crippen molar-refractivity contribution in [2.24, 2.45) is 0 Å². The monoisotopic (exact) mass is 258 g/mol. The Balaban J connectivity index is 1.88. The molecule has 2 atom stereocenters. The minimum Gasteiger partial charge on any atom is -0.365 e. The van der Waals surface area contributed by atoms with Gasteiger partial charge in [-0.15, -0.1) is 0 Å². The quantitative estimate of drug-likeness (QED) is 0.820. The Hall–Kier alpha value is -1.02. The number of aryl methyl sites for hydroxylation is 1. The molecule has 1 aromatic carbocycles. The van der Waals surface area contributed by atoms with Crippen molar-refractivity contribution in [3.05, 3.63) is 29.8 Å². The summed E-state index contributed by atoms with van der Waals surface area (Å²) < 4.78 is 0. The van der Waals surface area contributed by atoms with Gasteiger partial charge in [-0.3, -0.25) is 4.90 Å². The SMILES string of the molecule is CCc1ccccc1N1CC2CCCN2CC1CC. The van der Waals surface area contributed by atoms with E-state index in [9.17, 15) is 0 Å². The van der Waals surface area contributed by atoms with E-state index in [0.717, 1.165) is 12.5 Å². The minimum atomic E-state index is 0.696. The van der Waals surface area contributed by atoms with Gasteiger partial charge in [0.25, 0.3) is 0 Å². The number of piperazine rings is 1. The molecule has 2 unspecified atom stereocenters. The Morgan fingerprint density at radius 3 is 2.79 bits per heavy atom. The van der Waals surface area contributed by atoms with E-state index in [1.807, 2.05) is 0 Å². The predicted molar refractivity (Wildman–Crippen MR) is 81.8 cm³/mol. The van der Waals surface area contributed by atoms with Gasteiger partial charge < -0.3 is 4.90 Å². The van der Waals surface area contributed by atoms with E-state index in [2.05, 4.69) is 47.9 Å². The van der Waals surface area contributed by atoms with Gasteiger partial charge >= 0.3 is 0 Å². The van der Waals surface area contributed by atoms with Gasteiger partial charge in [-0.05, 0) is 43.9 Å². The van der Waals surface area contributed by atoms with Crippen LogP contribution in [0.2, 0.25) is 0 Å². The van der Waals surface area contributed by atoms with E-state index in [1.165, 1.54) is 50.1 Å². The van der Waals surface area contributed by atoms with Crippen LogP contribution in [0, 0.1) is 0 Å². The van der Waals surface area contributed by atoms with Crippen molar-refractivity contribution in [1.82, 2.24) is 4.90 Å². The molecule has 0 bridgehead atoms. The molecule has 2 aliphatic heterocycles. The van der Waals surface area contributed by atoms with E-state index >= 15 is 0 Å². The molecule has 3 rings (SSSR count). The fraction of sp³-hybridized carbons (Fsp3) is 0.647. The second-order valence-corrected chi connectivity index (χ2v) is 5.99. The topological polar surface area (TPSA) is 6.48 Å². The molecule has 2 aliphatic rings. The third kappa shape index (κ3) is 2.38. The summed E-state index contributed by atoms with van der Waals surface area (Å²) in [5, 5.41) is 0. The maximum atomic E-state index is 2.72. The van der Waals surface area contributed by atoms with Crippen LogP contribution in [-0.2, 0) is 6.42 Å². The largest absolute Gasteiger partial charge is 0.365 e. The zero-order chi connectivity index (χ0) is 13.2. The van der Waals surface area contributed by atoms with Gasteiger partial charge in [0.15, 0.2) is 0 Å². The van der Waals surface area contributed by atoms with Crippen LogP contribution in [0.25, 0.3) is 0 Å². The Morgan fingerprint density at radius 2 is 2.00 bits per heavy atom. The Labute approximate surface area is 117 Å². The molecule has 2 heterocycles. The van der Waals surface area contributed by atoms with Gasteiger partial charge in [-0.25, -0.2) is 0 Å². The normalized spacial score (nSPS) is 27.6. The van der Waals surface area contributed by atoms with Gasteiger partial charge in [0.2, 0.25) is 0 Å². The molecule has 104 valence electrons. The molecule has 2 heteroatoms. The summed E-state index contributed by atoms with van der Waals surface area (Å²) in [6.07, 6.45) is 5.17. The van der Waals surface area contributed by atoms with Gasteiger partial charge in [0, 0.05) is 30.9 Å². The number of fused-ring (bicyclic) bond motifs is 1. The molecule has 1 aromatic rings. The van der Waals surface area contributed by atoms with Crippen molar-refractivity contribution in [1.29, 1.82) is 0 Å². The van der Waals surface area contributed by atoms with E-state index < -0.39 is 0 Å². The summed E-state index contributed by atoms with van der Waals surface area (Å²) in [7, 11) is 0. The van der Waals surface area contributed by atoms with Crippen LogP contribution in [0.1, 0.15) is 38.7 Å². The first kappa shape index (κ1) is 13.0. The maximum absolute atomic E-state index is 2.72. The van der Waals surface area contributed by atoms with E-state index in [1.54, 1.807) is 0 Å². The first-order chi connectivity index (χ1) is 9.33. The molecule has 0 amide bonds. The molecule has 2 nitrogen and oxygen atoms in total. The second kappa shape index (κ2) is 5.54. The molecule has 0 radical (unpaired) electrons. The number of benzene rings is 1. The number of nitrogens with zero attached hydrogens (tertiary/aromatic N) is 2. The summed E-state index contributed by atoms with van der Waals surface area (Å²) in [6, 6.07) is 10.5. The van der Waals surface area contributed by atoms with Crippen LogP contribution < -0.4 is 4.90 Å². The van der Waals surface area contributed by atoms with Crippen molar-refractivity contribution in [2.45, 2.75) is 51.6 Å². The highest BCUT2D eigenvalue weighted by molar-refractivity contribution is 5.55. The van der Waals surface area contributed by atoms with Crippen molar-refractivity contribution < 1.29 is 0 Å². The highest BCUT2D eigenvalue weighted by Crippen LogP contribution is 2.31. The fourth-order valence-electron chi connectivity index (χ4n) is 3.82. The summed E-state index contributed by atoms with van der Waals surface area (Å²) in [6.45, 7) is 8.42. The lowest BCUT2D eigenvalue weighted by Gasteiger charge is -2.45. The Bertz CT molecular complexity index is 429. The molecule has 2 fully saturated rings. The Morgan fingerprint density at radius 1 is 1.16 bits per heavy atom. The first-order valence-electron chi connectivity index (χ1n) is 7.92. The maximum Gasteiger partial charge on any atom is 0.0415 e. The lowest BCUT2D eigenvalue weighted by atomic mass is 10.0. The molecule has 19 heavy (non-hydrogen) atoms. The smallest absolute Gasteiger partial charge is 0.0415 e. The van der Waals surface area contributed by atoms with Gasteiger partial charge in [-0.1, -0.05) is 32.0 Å². The van der Waals surface area contributed by atoms with Crippen LogP contribution in [0.3, 0.4) is 0 Å². The van der Waals surface area contributed by atoms with Crippen molar-refractivity contribution in [2.75, 3.05) is 24.5 Å². The standard InChI is InChI=1S/C17H26N2/c1-3-14-8-5-6-10-17(14)19-13-16-9-7-11-18(16)12-15(19)4-2/h5-6,8,10,15-16H,3-4,7,9,11-13H2,1-2H3. The van der Waals surface area contributed by atoms with Gasteiger partial charge in [0.1, 0.15) is 0 Å². The molecule has 2 saturated heterocycles. The molecule has 0 N–H and O–H groups in total.